The first-order valence-electron chi connectivity index (χ1n) is 8.44. The van der Waals surface area contributed by atoms with Crippen molar-refractivity contribution in [3.8, 4) is 0 Å². The average Bonchev–Trinajstić information content (AvgIpc) is 2.55. The molecule has 0 bridgehead atoms. The zero-order valence-electron chi connectivity index (χ0n) is 16.2. The highest BCUT2D eigenvalue weighted by atomic mass is 32.2. The summed E-state index contributed by atoms with van der Waals surface area (Å²) in [6.45, 7) is 9.10. The predicted octanol–water partition coefficient (Wildman–Crippen LogP) is 3.49. The number of sulfonamides is 1. The maximum absolute atomic E-state index is 13.1. The van der Waals surface area contributed by atoms with E-state index in [2.05, 4.69) is 5.32 Å². The van der Waals surface area contributed by atoms with Crippen LogP contribution in [0.3, 0.4) is 0 Å². The molecule has 0 aliphatic carbocycles. The van der Waals surface area contributed by atoms with Gasteiger partial charge < -0.3 is 5.32 Å². The molecule has 1 amide bonds. The van der Waals surface area contributed by atoms with Crippen molar-refractivity contribution < 1.29 is 13.2 Å². The van der Waals surface area contributed by atoms with E-state index >= 15 is 0 Å². The molecule has 140 valence electrons. The monoisotopic (exact) mass is 374 g/mol. The molecule has 2 aromatic rings. The third-order valence-electron chi connectivity index (χ3n) is 4.67. The van der Waals surface area contributed by atoms with E-state index < -0.39 is 10.0 Å². The molecule has 0 unspecified atom stereocenters. The number of carbonyl (C=O) groups is 1. The third-order valence-corrected chi connectivity index (χ3v) is 6.75. The number of hydrogen-bond acceptors (Lipinski definition) is 3. The van der Waals surface area contributed by atoms with E-state index in [-0.39, 0.29) is 12.5 Å². The Morgan fingerprint density at radius 2 is 1.46 bits per heavy atom. The van der Waals surface area contributed by atoms with Crippen LogP contribution in [-0.4, -0.2) is 32.2 Å². The predicted molar refractivity (Wildman–Crippen MR) is 105 cm³/mol. The second kappa shape index (κ2) is 7.60. The van der Waals surface area contributed by atoms with E-state index in [1.54, 1.807) is 26.0 Å². The number of hydrogen-bond donors (Lipinski definition) is 1. The van der Waals surface area contributed by atoms with Gasteiger partial charge >= 0.3 is 0 Å². The Morgan fingerprint density at radius 3 is 1.96 bits per heavy atom. The van der Waals surface area contributed by atoms with Crippen LogP contribution in [0.25, 0.3) is 0 Å². The summed E-state index contributed by atoms with van der Waals surface area (Å²) in [5.41, 5.74) is 5.01. The summed E-state index contributed by atoms with van der Waals surface area (Å²) in [7, 11) is -2.34. The summed E-state index contributed by atoms with van der Waals surface area (Å²) >= 11 is 0. The molecule has 0 aliphatic heterocycles. The lowest BCUT2D eigenvalue weighted by Gasteiger charge is -2.21. The van der Waals surface area contributed by atoms with Gasteiger partial charge in [-0.1, -0.05) is 23.8 Å². The molecular formula is C20H26N2O3S. The van der Waals surface area contributed by atoms with Crippen LogP contribution in [-0.2, 0) is 14.8 Å². The Hall–Kier alpha value is -2.18. The van der Waals surface area contributed by atoms with Crippen LogP contribution in [0.5, 0.6) is 0 Å². The number of nitrogens with one attached hydrogen (secondary N) is 1. The lowest BCUT2D eigenvalue weighted by molar-refractivity contribution is -0.116. The molecule has 0 aliphatic rings. The zero-order chi connectivity index (χ0) is 19.6. The molecule has 0 atom stereocenters. The molecule has 0 spiro atoms. The fourth-order valence-corrected chi connectivity index (χ4v) is 4.54. The number of carbonyl (C=O) groups excluding carboxylic acids is 1. The fraction of sp³-hybridized carbons (Fsp3) is 0.350. The normalized spacial score (nSPS) is 11.7. The molecule has 26 heavy (non-hydrogen) atoms. The minimum Gasteiger partial charge on any atom is -0.325 e. The second-order valence-corrected chi connectivity index (χ2v) is 8.75. The molecule has 2 rings (SSSR count). The van der Waals surface area contributed by atoms with E-state index in [4.69, 9.17) is 0 Å². The minimum atomic E-state index is -3.77. The quantitative estimate of drug-likeness (QED) is 0.871. The van der Waals surface area contributed by atoms with E-state index in [1.165, 1.54) is 7.05 Å². The Bertz CT molecular complexity index is 906. The molecule has 1 N–H and O–H groups in total. The van der Waals surface area contributed by atoms with Gasteiger partial charge in [0.2, 0.25) is 15.9 Å². The Kier molecular flexibility index (Phi) is 5.88. The van der Waals surface area contributed by atoms with Crippen molar-refractivity contribution in [2.75, 3.05) is 18.9 Å². The molecule has 6 heteroatoms. The average molecular weight is 375 g/mol. The molecule has 0 radical (unpaired) electrons. The van der Waals surface area contributed by atoms with Crippen LogP contribution in [0.1, 0.15) is 27.8 Å². The van der Waals surface area contributed by atoms with Gasteiger partial charge in [-0.25, -0.2) is 8.42 Å². The maximum Gasteiger partial charge on any atom is 0.243 e. The number of likely N-dealkylation sites (N-methyl/N-ethyl adjacent to an activating group) is 1. The van der Waals surface area contributed by atoms with Gasteiger partial charge in [-0.05, 0) is 69.0 Å². The summed E-state index contributed by atoms with van der Waals surface area (Å²) < 4.78 is 27.2. The van der Waals surface area contributed by atoms with Crippen LogP contribution < -0.4 is 5.32 Å². The summed E-state index contributed by atoms with van der Waals surface area (Å²) in [5, 5.41) is 2.73. The first-order valence-corrected chi connectivity index (χ1v) is 9.88. The summed E-state index contributed by atoms with van der Waals surface area (Å²) in [4.78, 5) is 12.6. The largest absolute Gasteiger partial charge is 0.325 e. The van der Waals surface area contributed by atoms with Crippen LogP contribution in [0.4, 0.5) is 5.69 Å². The number of anilines is 1. The van der Waals surface area contributed by atoms with Crippen molar-refractivity contribution in [1.29, 1.82) is 0 Å². The number of rotatable bonds is 5. The van der Waals surface area contributed by atoms with Gasteiger partial charge in [-0.3, -0.25) is 4.79 Å². The van der Waals surface area contributed by atoms with Gasteiger partial charge in [-0.2, -0.15) is 4.31 Å². The van der Waals surface area contributed by atoms with Crippen molar-refractivity contribution in [2.45, 2.75) is 39.5 Å². The highest BCUT2D eigenvalue weighted by molar-refractivity contribution is 7.89. The van der Waals surface area contributed by atoms with E-state index in [0.29, 0.717) is 10.6 Å². The smallest absolute Gasteiger partial charge is 0.243 e. The SMILES string of the molecule is Cc1ccc(NC(=O)CN(C)S(=O)(=O)c2c(C)c(C)cc(C)c2C)cc1. The molecule has 0 saturated carbocycles. The first-order chi connectivity index (χ1) is 12.0. The Morgan fingerprint density at radius 1 is 0.962 bits per heavy atom. The van der Waals surface area contributed by atoms with Crippen LogP contribution >= 0.6 is 0 Å². The number of amides is 1. The van der Waals surface area contributed by atoms with Gasteiger partial charge in [0.25, 0.3) is 0 Å². The summed E-state index contributed by atoms with van der Waals surface area (Å²) in [6.07, 6.45) is 0. The lowest BCUT2D eigenvalue weighted by atomic mass is 10.0. The van der Waals surface area contributed by atoms with Crippen molar-refractivity contribution in [1.82, 2.24) is 4.31 Å². The number of benzene rings is 2. The highest BCUT2D eigenvalue weighted by Gasteiger charge is 2.27. The molecule has 5 nitrogen and oxygen atoms in total. The summed E-state index contributed by atoms with van der Waals surface area (Å²) in [6, 6.07) is 9.34. The molecule has 0 aromatic heterocycles. The number of aryl methyl sites for hydroxylation is 3. The molecule has 2 aromatic carbocycles. The van der Waals surface area contributed by atoms with Gasteiger partial charge in [0.05, 0.1) is 11.4 Å². The second-order valence-electron chi connectivity index (χ2n) is 6.76. The maximum atomic E-state index is 13.1. The summed E-state index contributed by atoms with van der Waals surface area (Å²) in [5.74, 6) is -0.375. The molecular weight excluding hydrogens is 348 g/mol. The van der Waals surface area contributed by atoms with Gasteiger partial charge in [0.15, 0.2) is 0 Å². The van der Waals surface area contributed by atoms with Crippen molar-refractivity contribution in [2.24, 2.45) is 0 Å². The zero-order valence-corrected chi connectivity index (χ0v) is 17.0. The van der Waals surface area contributed by atoms with Crippen molar-refractivity contribution in [3.05, 3.63) is 58.1 Å². The van der Waals surface area contributed by atoms with Gasteiger partial charge in [0.1, 0.15) is 0 Å². The molecule has 0 fully saturated rings. The Balaban J connectivity index is 2.24. The minimum absolute atomic E-state index is 0.248. The van der Waals surface area contributed by atoms with E-state index in [1.807, 2.05) is 39.0 Å². The van der Waals surface area contributed by atoms with E-state index in [9.17, 15) is 13.2 Å². The first kappa shape index (κ1) is 20.1. The van der Waals surface area contributed by atoms with Crippen LogP contribution in [0.2, 0.25) is 0 Å². The van der Waals surface area contributed by atoms with Gasteiger partial charge in [-0.15, -0.1) is 0 Å². The van der Waals surface area contributed by atoms with Crippen LogP contribution in [0, 0.1) is 34.6 Å². The lowest BCUT2D eigenvalue weighted by Crippen LogP contribution is -2.35. The molecule has 0 saturated heterocycles. The third kappa shape index (κ3) is 4.14. The topological polar surface area (TPSA) is 66.5 Å². The van der Waals surface area contributed by atoms with E-state index in [0.717, 1.165) is 32.1 Å². The highest BCUT2D eigenvalue weighted by Crippen LogP contribution is 2.28. The fourth-order valence-electron chi connectivity index (χ4n) is 2.85. The van der Waals surface area contributed by atoms with Crippen molar-refractivity contribution >= 4 is 21.6 Å². The van der Waals surface area contributed by atoms with Crippen LogP contribution in [0.15, 0.2) is 35.2 Å². The van der Waals surface area contributed by atoms with Crippen molar-refractivity contribution in [3.63, 3.8) is 0 Å². The Labute approximate surface area is 156 Å². The molecule has 0 heterocycles. The van der Waals surface area contributed by atoms with Gasteiger partial charge in [0, 0.05) is 12.7 Å². The number of nitrogens with zero attached hydrogens (tertiary/aromatic N) is 1. The standard InChI is InChI=1S/C20H26N2O3S/c1-13-7-9-18(10-8-13)21-19(23)12-22(6)26(24,25)20-16(4)14(2)11-15(3)17(20)5/h7-11H,12H2,1-6H3,(H,21,23).